The van der Waals surface area contributed by atoms with Crippen LogP contribution in [0.4, 0.5) is 13.2 Å². The van der Waals surface area contributed by atoms with Crippen LogP contribution in [0, 0.1) is 5.92 Å². The van der Waals surface area contributed by atoms with Crippen LogP contribution in [0.3, 0.4) is 0 Å². The molecule has 0 radical (unpaired) electrons. The molecule has 0 aromatic heterocycles. The van der Waals surface area contributed by atoms with Gasteiger partial charge >= 0.3 is 6.36 Å². The average molecular weight is 288 g/mol. The first-order valence-electron chi connectivity index (χ1n) is 6.99. The third-order valence-corrected chi connectivity index (χ3v) is 3.80. The van der Waals surface area contributed by atoms with E-state index in [1.54, 1.807) is 0 Å². The van der Waals surface area contributed by atoms with E-state index >= 15 is 0 Å². The number of benzene rings is 1. The normalized spacial score (nSPS) is 19.4. The predicted octanol–water partition coefficient (Wildman–Crippen LogP) is 4.59. The Bertz CT molecular complexity index is 406. The van der Waals surface area contributed by atoms with Crippen LogP contribution in [-0.2, 0) is 0 Å². The van der Waals surface area contributed by atoms with Crippen molar-refractivity contribution in [1.29, 1.82) is 0 Å². The second-order valence-corrected chi connectivity index (χ2v) is 5.31. The van der Waals surface area contributed by atoms with E-state index < -0.39 is 12.5 Å². The summed E-state index contributed by atoms with van der Waals surface area (Å²) >= 11 is 0. The molecule has 0 bridgehead atoms. The lowest BCUT2D eigenvalue weighted by Gasteiger charge is -2.21. The summed E-state index contributed by atoms with van der Waals surface area (Å²) in [5, 5.41) is 10.3. The molecule has 1 aromatic carbocycles. The van der Waals surface area contributed by atoms with Crippen LogP contribution in [0.1, 0.15) is 50.2 Å². The number of aliphatic hydroxyl groups excluding tert-OH is 1. The van der Waals surface area contributed by atoms with Crippen LogP contribution in [0.5, 0.6) is 5.75 Å². The van der Waals surface area contributed by atoms with Crippen molar-refractivity contribution in [2.24, 2.45) is 5.92 Å². The van der Waals surface area contributed by atoms with Crippen LogP contribution in [0.2, 0.25) is 0 Å². The van der Waals surface area contributed by atoms with Gasteiger partial charge in [-0.3, -0.25) is 0 Å². The zero-order valence-corrected chi connectivity index (χ0v) is 11.2. The van der Waals surface area contributed by atoms with Crippen molar-refractivity contribution in [3.63, 3.8) is 0 Å². The molecule has 5 heteroatoms. The predicted molar refractivity (Wildman–Crippen MR) is 69.3 cm³/mol. The van der Waals surface area contributed by atoms with Crippen LogP contribution in [-0.4, -0.2) is 11.5 Å². The zero-order valence-electron chi connectivity index (χ0n) is 11.2. The fourth-order valence-electron chi connectivity index (χ4n) is 2.77. The van der Waals surface area contributed by atoms with Gasteiger partial charge in [0.05, 0.1) is 6.10 Å². The Kier molecular flexibility index (Phi) is 4.91. The van der Waals surface area contributed by atoms with Gasteiger partial charge in [0.1, 0.15) is 5.75 Å². The molecule has 0 aliphatic heterocycles. The molecule has 0 saturated heterocycles. The molecule has 0 heterocycles. The summed E-state index contributed by atoms with van der Waals surface area (Å²) < 4.78 is 40.0. The van der Waals surface area contributed by atoms with Crippen LogP contribution in [0.15, 0.2) is 24.3 Å². The van der Waals surface area contributed by atoms with E-state index in [4.69, 9.17) is 0 Å². The molecule has 0 spiro atoms. The molecule has 2 nitrogen and oxygen atoms in total. The minimum absolute atomic E-state index is 0.201. The quantitative estimate of drug-likeness (QED) is 0.824. The lowest BCUT2D eigenvalue weighted by molar-refractivity contribution is -0.274. The van der Waals surface area contributed by atoms with Gasteiger partial charge in [0, 0.05) is 0 Å². The van der Waals surface area contributed by atoms with Gasteiger partial charge in [0.15, 0.2) is 0 Å². The van der Waals surface area contributed by atoms with E-state index in [1.165, 1.54) is 37.1 Å². The lowest BCUT2D eigenvalue weighted by atomic mass is 9.89. The third kappa shape index (κ3) is 4.40. The van der Waals surface area contributed by atoms with E-state index in [2.05, 4.69) is 4.74 Å². The molecule has 1 fully saturated rings. The topological polar surface area (TPSA) is 29.5 Å². The van der Waals surface area contributed by atoms with E-state index in [9.17, 15) is 18.3 Å². The molecule has 2 rings (SSSR count). The van der Waals surface area contributed by atoms with E-state index in [0.717, 1.165) is 25.7 Å². The van der Waals surface area contributed by atoms with Gasteiger partial charge in [-0.2, -0.15) is 0 Å². The number of rotatable bonds is 3. The maximum absolute atomic E-state index is 12.1. The van der Waals surface area contributed by atoms with Crippen molar-refractivity contribution >= 4 is 0 Å². The van der Waals surface area contributed by atoms with Crippen molar-refractivity contribution in [2.75, 3.05) is 0 Å². The fourth-order valence-corrected chi connectivity index (χ4v) is 2.77. The van der Waals surface area contributed by atoms with E-state index in [1.807, 2.05) is 0 Å². The second kappa shape index (κ2) is 6.48. The number of hydrogen-bond donors (Lipinski definition) is 1. The van der Waals surface area contributed by atoms with Gasteiger partial charge in [-0.1, -0.05) is 37.8 Å². The highest BCUT2D eigenvalue weighted by molar-refractivity contribution is 5.29. The molecule has 1 aliphatic carbocycles. The smallest absolute Gasteiger partial charge is 0.406 e. The minimum atomic E-state index is -4.68. The maximum Gasteiger partial charge on any atom is 0.573 e. The van der Waals surface area contributed by atoms with Crippen molar-refractivity contribution in [1.82, 2.24) is 0 Å². The molecule has 1 saturated carbocycles. The SMILES string of the molecule is OC(c1ccc(OC(F)(F)F)cc1)C1CCCCCC1. The molecule has 1 N–H and O–H groups in total. The monoisotopic (exact) mass is 288 g/mol. The van der Waals surface area contributed by atoms with Gasteiger partial charge in [-0.05, 0) is 36.5 Å². The molecule has 1 unspecified atom stereocenters. The summed E-state index contributed by atoms with van der Waals surface area (Å²) in [6.45, 7) is 0. The van der Waals surface area contributed by atoms with Gasteiger partial charge in [0.2, 0.25) is 0 Å². The van der Waals surface area contributed by atoms with Crippen molar-refractivity contribution < 1.29 is 23.0 Å². The summed E-state index contributed by atoms with van der Waals surface area (Å²) in [6, 6.07) is 5.53. The van der Waals surface area contributed by atoms with Gasteiger partial charge in [-0.25, -0.2) is 0 Å². The highest BCUT2D eigenvalue weighted by atomic mass is 19.4. The number of halogens is 3. The summed E-state index contributed by atoms with van der Waals surface area (Å²) in [7, 11) is 0. The maximum atomic E-state index is 12.1. The Morgan fingerprint density at radius 2 is 1.55 bits per heavy atom. The first kappa shape index (κ1) is 15.2. The highest BCUT2D eigenvalue weighted by Crippen LogP contribution is 2.34. The van der Waals surface area contributed by atoms with E-state index in [0.29, 0.717) is 5.56 Å². The molecule has 20 heavy (non-hydrogen) atoms. The summed E-state index contributed by atoms with van der Waals surface area (Å²) in [5.41, 5.74) is 0.659. The number of aliphatic hydroxyl groups is 1. The molecular weight excluding hydrogens is 269 g/mol. The molecule has 1 atom stereocenters. The van der Waals surface area contributed by atoms with Crippen LogP contribution in [0.25, 0.3) is 0 Å². The molecule has 1 aromatic rings. The van der Waals surface area contributed by atoms with Gasteiger partial charge in [0.25, 0.3) is 0 Å². The first-order valence-corrected chi connectivity index (χ1v) is 6.99. The molecule has 1 aliphatic rings. The second-order valence-electron chi connectivity index (χ2n) is 5.31. The summed E-state index contributed by atoms with van der Waals surface area (Å²) in [5.74, 6) is -0.0544. The average Bonchev–Trinajstić information content (AvgIpc) is 2.66. The first-order chi connectivity index (χ1) is 9.46. The van der Waals surface area contributed by atoms with Crippen molar-refractivity contribution in [3.8, 4) is 5.75 Å². The fraction of sp³-hybridized carbons (Fsp3) is 0.600. The Hall–Kier alpha value is -1.23. The summed E-state index contributed by atoms with van der Waals surface area (Å²) in [4.78, 5) is 0. The number of hydrogen-bond acceptors (Lipinski definition) is 2. The Morgan fingerprint density at radius 3 is 2.05 bits per heavy atom. The minimum Gasteiger partial charge on any atom is -0.406 e. The van der Waals surface area contributed by atoms with Crippen molar-refractivity contribution in [3.05, 3.63) is 29.8 Å². The molecule has 112 valence electrons. The Balaban J connectivity index is 2.01. The molecule has 0 amide bonds. The summed E-state index contributed by atoms with van der Waals surface area (Å²) in [6.07, 6.45) is 1.27. The highest BCUT2D eigenvalue weighted by Gasteiger charge is 2.31. The third-order valence-electron chi connectivity index (χ3n) is 3.80. The Morgan fingerprint density at radius 1 is 1.00 bits per heavy atom. The standard InChI is InChI=1S/C15H19F3O2/c16-15(17,18)20-13-9-7-12(8-10-13)14(19)11-5-3-1-2-4-6-11/h7-11,14,19H,1-6H2. The van der Waals surface area contributed by atoms with Crippen molar-refractivity contribution in [2.45, 2.75) is 51.0 Å². The van der Waals surface area contributed by atoms with Crippen LogP contribution >= 0.6 is 0 Å². The zero-order chi connectivity index (χ0) is 14.6. The number of alkyl halides is 3. The number of ether oxygens (including phenoxy) is 1. The van der Waals surface area contributed by atoms with Crippen LogP contribution < -0.4 is 4.74 Å². The van der Waals surface area contributed by atoms with E-state index in [-0.39, 0.29) is 11.7 Å². The van der Waals surface area contributed by atoms with Gasteiger partial charge < -0.3 is 9.84 Å². The Labute approximate surface area is 116 Å². The molecular formula is C15H19F3O2. The van der Waals surface area contributed by atoms with Gasteiger partial charge in [-0.15, -0.1) is 13.2 Å². The lowest BCUT2D eigenvalue weighted by Crippen LogP contribution is -2.17. The largest absolute Gasteiger partial charge is 0.573 e.